The molecule has 120 valence electrons. The second-order valence-corrected chi connectivity index (χ2v) is 7.06. The minimum Gasteiger partial charge on any atom is -0.465 e. The molecule has 1 aromatic heterocycles. The maximum Gasteiger partial charge on any atom is 0.410 e. The number of carbonyl (C=O) groups is 2. The monoisotopic (exact) mass is 323 g/mol. The van der Waals surface area contributed by atoms with E-state index in [1.54, 1.807) is 10.3 Å². The van der Waals surface area contributed by atoms with E-state index in [4.69, 9.17) is 9.47 Å². The summed E-state index contributed by atoms with van der Waals surface area (Å²) in [6.07, 6.45) is 1.69. The lowest BCUT2D eigenvalue weighted by molar-refractivity contribution is 0.0306. The Labute approximate surface area is 134 Å². The highest BCUT2D eigenvalue weighted by atomic mass is 32.1. The lowest BCUT2D eigenvalue weighted by Crippen LogP contribution is -2.35. The van der Waals surface area contributed by atoms with Crippen LogP contribution in [0.25, 0.3) is 5.57 Å². The minimum atomic E-state index is -0.503. The van der Waals surface area contributed by atoms with Gasteiger partial charge in [0.25, 0.3) is 0 Å². The first kappa shape index (κ1) is 16.5. The van der Waals surface area contributed by atoms with Gasteiger partial charge in [0.05, 0.1) is 19.2 Å². The molecule has 0 aromatic carbocycles. The first-order chi connectivity index (χ1) is 10.2. The zero-order valence-electron chi connectivity index (χ0n) is 13.6. The summed E-state index contributed by atoms with van der Waals surface area (Å²) >= 11 is 1.50. The maximum absolute atomic E-state index is 12.1. The SMILES string of the molecule is COC(=O)c1csc(C2=CCN(C(=O)OC(C)(C)C)C2)c1C. The lowest BCUT2D eigenvalue weighted by Gasteiger charge is -2.24. The van der Waals surface area contributed by atoms with Gasteiger partial charge in [0.2, 0.25) is 0 Å². The normalized spacial score (nSPS) is 14.8. The van der Waals surface area contributed by atoms with E-state index in [1.807, 2.05) is 33.8 Å². The summed E-state index contributed by atoms with van der Waals surface area (Å²) in [5, 5.41) is 1.80. The van der Waals surface area contributed by atoms with Gasteiger partial charge in [0.1, 0.15) is 5.60 Å². The number of thiophene rings is 1. The largest absolute Gasteiger partial charge is 0.465 e. The van der Waals surface area contributed by atoms with E-state index in [0.717, 1.165) is 16.0 Å². The Kier molecular flexibility index (Phi) is 4.60. The second kappa shape index (κ2) is 6.12. The molecule has 1 amide bonds. The van der Waals surface area contributed by atoms with Gasteiger partial charge in [0.15, 0.2) is 0 Å². The smallest absolute Gasteiger partial charge is 0.410 e. The molecule has 0 bridgehead atoms. The van der Waals surface area contributed by atoms with Crippen LogP contribution in [0.2, 0.25) is 0 Å². The summed E-state index contributed by atoms with van der Waals surface area (Å²) in [5.41, 5.74) is 2.02. The van der Waals surface area contributed by atoms with Crippen LogP contribution in [-0.4, -0.2) is 42.8 Å². The molecule has 0 N–H and O–H groups in total. The van der Waals surface area contributed by atoms with E-state index in [-0.39, 0.29) is 12.1 Å². The molecular weight excluding hydrogens is 302 g/mol. The fourth-order valence-corrected chi connectivity index (χ4v) is 3.32. The Morgan fingerprint density at radius 1 is 1.32 bits per heavy atom. The maximum atomic E-state index is 12.1. The average Bonchev–Trinajstić information content (AvgIpc) is 3.02. The van der Waals surface area contributed by atoms with Gasteiger partial charge >= 0.3 is 12.1 Å². The Hall–Kier alpha value is -1.82. The van der Waals surface area contributed by atoms with Crippen molar-refractivity contribution in [2.45, 2.75) is 33.3 Å². The molecule has 2 heterocycles. The van der Waals surface area contributed by atoms with Crippen LogP contribution in [0.1, 0.15) is 41.6 Å². The number of esters is 1. The van der Waals surface area contributed by atoms with E-state index in [9.17, 15) is 9.59 Å². The number of ether oxygens (including phenoxy) is 2. The summed E-state index contributed by atoms with van der Waals surface area (Å²) in [4.78, 5) is 26.4. The molecule has 0 saturated carbocycles. The van der Waals surface area contributed by atoms with E-state index in [1.165, 1.54) is 18.4 Å². The molecule has 0 aliphatic carbocycles. The number of carbonyl (C=O) groups excluding carboxylic acids is 2. The molecule has 0 radical (unpaired) electrons. The van der Waals surface area contributed by atoms with Gasteiger partial charge in [-0.25, -0.2) is 9.59 Å². The molecular formula is C16H21NO4S. The number of hydrogen-bond acceptors (Lipinski definition) is 5. The van der Waals surface area contributed by atoms with Gasteiger partial charge in [-0.2, -0.15) is 0 Å². The van der Waals surface area contributed by atoms with Crippen LogP contribution >= 0.6 is 11.3 Å². The Bertz CT molecular complexity index is 625. The van der Waals surface area contributed by atoms with Crippen LogP contribution in [-0.2, 0) is 9.47 Å². The number of amides is 1. The van der Waals surface area contributed by atoms with Crippen molar-refractivity contribution in [3.63, 3.8) is 0 Å². The fraction of sp³-hybridized carbons (Fsp3) is 0.500. The van der Waals surface area contributed by atoms with Crippen molar-refractivity contribution < 1.29 is 19.1 Å². The first-order valence-electron chi connectivity index (χ1n) is 7.06. The molecule has 0 atom stereocenters. The highest BCUT2D eigenvalue weighted by Gasteiger charge is 2.27. The summed E-state index contributed by atoms with van der Waals surface area (Å²) in [6, 6.07) is 0. The van der Waals surface area contributed by atoms with E-state index in [2.05, 4.69) is 0 Å². The molecule has 0 saturated heterocycles. The van der Waals surface area contributed by atoms with Crippen molar-refractivity contribution in [3.05, 3.63) is 27.5 Å². The van der Waals surface area contributed by atoms with Crippen LogP contribution in [0.3, 0.4) is 0 Å². The second-order valence-electron chi connectivity index (χ2n) is 6.19. The third-order valence-corrected chi connectivity index (χ3v) is 4.46. The standard InChI is InChI=1S/C16H21NO4S/c1-10-12(14(18)20-5)9-22-13(10)11-6-7-17(8-11)15(19)21-16(2,3)4/h6,9H,7-8H2,1-5H3. The van der Waals surface area contributed by atoms with Gasteiger partial charge in [-0.1, -0.05) is 6.08 Å². The number of nitrogens with zero attached hydrogens (tertiary/aromatic N) is 1. The number of methoxy groups -OCH3 is 1. The lowest BCUT2D eigenvalue weighted by atomic mass is 10.1. The molecule has 0 fully saturated rings. The van der Waals surface area contributed by atoms with Gasteiger partial charge in [0, 0.05) is 16.8 Å². The fourth-order valence-electron chi connectivity index (χ4n) is 2.23. The van der Waals surface area contributed by atoms with E-state index < -0.39 is 5.60 Å². The van der Waals surface area contributed by atoms with Crippen molar-refractivity contribution in [2.75, 3.05) is 20.2 Å². The molecule has 5 nitrogen and oxygen atoms in total. The third-order valence-electron chi connectivity index (χ3n) is 3.31. The van der Waals surface area contributed by atoms with Crippen LogP contribution in [0.4, 0.5) is 4.79 Å². The van der Waals surface area contributed by atoms with Crippen molar-refractivity contribution in [3.8, 4) is 0 Å². The van der Waals surface area contributed by atoms with Crippen molar-refractivity contribution in [1.29, 1.82) is 0 Å². The summed E-state index contributed by atoms with van der Waals surface area (Å²) in [6.45, 7) is 8.46. The van der Waals surface area contributed by atoms with E-state index in [0.29, 0.717) is 18.7 Å². The van der Waals surface area contributed by atoms with Crippen LogP contribution in [0.15, 0.2) is 11.5 Å². The highest BCUT2D eigenvalue weighted by molar-refractivity contribution is 7.11. The first-order valence-corrected chi connectivity index (χ1v) is 7.94. The van der Waals surface area contributed by atoms with Crippen LogP contribution < -0.4 is 0 Å². The Morgan fingerprint density at radius 2 is 2.00 bits per heavy atom. The van der Waals surface area contributed by atoms with Gasteiger partial charge in [-0.3, -0.25) is 0 Å². The highest BCUT2D eigenvalue weighted by Crippen LogP contribution is 2.32. The average molecular weight is 323 g/mol. The molecule has 1 aromatic rings. The third kappa shape index (κ3) is 3.50. The summed E-state index contributed by atoms with van der Waals surface area (Å²) in [5.74, 6) is -0.331. The van der Waals surface area contributed by atoms with Gasteiger partial charge < -0.3 is 14.4 Å². The van der Waals surface area contributed by atoms with E-state index >= 15 is 0 Å². The molecule has 0 spiro atoms. The molecule has 6 heteroatoms. The van der Waals surface area contributed by atoms with Gasteiger partial charge in [-0.15, -0.1) is 11.3 Å². The molecule has 0 unspecified atom stereocenters. The van der Waals surface area contributed by atoms with Crippen molar-refractivity contribution in [2.24, 2.45) is 0 Å². The molecule has 2 rings (SSSR count). The molecule has 1 aliphatic rings. The molecule has 1 aliphatic heterocycles. The van der Waals surface area contributed by atoms with Crippen LogP contribution in [0, 0.1) is 6.92 Å². The Balaban J connectivity index is 2.09. The van der Waals surface area contributed by atoms with Crippen molar-refractivity contribution in [1.82, 2.24) is 4.90 Å². The molecule has 22 heavy (non-hydrogen) atoms. The quantitative estimate of drug-likeness (QED) is 0.782. The minimum absolute atomic E-state index is 0.318. The predicted octanol–water partition coefficient (Wildman–Crippen LogP) is 3.48. The van der Waals surface area contributed by atoms with Crippen molar-refractivity contribution >= 4 is 29.0 Å². The zero-order chi connectivity index (χ0) is 16.5. The van der Waals surface area contributed by atoms with Gasteiger partial charge in [-0.05, 0) is 38.8 Å². The topological polar surface area (TPSA) is 55.8 Å². The summed E-state index contributed by atoms with van der Waals surface area (Å²) < 4.78 is 10.2. The number of hydrogen-bond donors (Lipinski definition) is 0. The predicted molar refractivity (Wildman–Crippen MR) is 86.2 cm³/mol. The van der Waals surface area contributed by atoms with Crippen LogP contribution in [0.5, 0.6) is 0 Å². The zero-order valence-corrected chi connectivity index (χ0v) is 14.4. The Morgan fingerprint density at radius 3 is 2.59 bits per heavy atom. The summed E-state index contributed by atoms with van der Waals surface area (Å²) in [7, 11) is 1.37. The number of rotatable bonds is 2.